The summed E-state index contributed by atoms with van der Waals surface area (Å²) in [6.07, 6.45) is 0.541. The highest BCUT2D eigenvalue weighted by Gasteiger charge is 2.45. The molecule has 2 fully saturated rings. The van der Waals surface area contributed by atoms with Gasteiger partial charge < -0.3 is 14.7 Å². The second-order valence-electron chi connectivity index (χ2n) is 6.28. The number of aromatic nitrogens is 1. The highest BCUT2D eigenvalue weighted by molar-refractivity contribution is 7.89. The summed E-state index contributed by atoms with van der Waals surface area (Å²) < 4.78 is 31.9. The van der Waals surface area contributed by atoms with Crippen LogP contribution in [0.1, 0.15) is 24.8 Å². The molecule has 2 saturated heterocycles. The predicted octanol–water partition coefficient (Wildman–Crippen LogP) is -0.599. The van der Waals surface area contributed by atoms with E-state index in [9.17, 15) is 18.0 Å². The fourth-order valence-electron chi connectivity index (χ4n) is 3.48. The summed E-state index contributed by atoms with van der Waals surface area (Å²) in [5, 5.41) is 6.48. The Morgan fingerprint density at radius 3 is 2.62 bits per heavy atom. The topological polar surface area (TPSA) is 113 Å². The lowest BCUT2D eigenvalue weighted by atomic mass is 10.1. The summed E-state index contributed by atoms with van der Waals surface area (Å²) in [6, 6.07) is -0.378. The van der Waals surface area contributed by atoms with Gasteiger partial charge in [0, 0.05) is 32.1 Å². The lowest BCUT2D eigenvalue weighted by Gasteiger charge is -2.35. The van der Waals surface area contributed by atoms with Gasteiger partial charge in [0.2, 0.25) is 21.8 Å². The van der Waals surface area contributed by atoms with E-state index in [1.165, 1.54) is 18.2 Å². The number of nitrogens with one attached hydrogen (secondary N) is 1. The molecule has 24 heavy (non-hydrogen) atoms. The molecule has 0 aliphatic carbocycles. The van der Waals surface area contributed by atoms with Gasteiger partial charge >= 0.3 is 0 Å². The Kier molecular flexibility index (Phi) is 4.12. The van der Waals surface area contributed by atoms with Gasteiger partial charge in [0.1, 0.15) is 10.6 Å². The summed E-state index contributed by atoms with van der Waals surface area (Å²) in [5.74, 6) is -0.202. The number of carbonyl (C=O) groups excluding carboxylic acids is 2. The molecule has 1 aromatic heterocycles. The highest BCUT2D eigenvalue weighted by atomic mass is 32.2. The zero-order valence-electron chi connectivity index (χ0n) is 13.8. The van der Waals surface area contributed by atoms with E-state index in [-0.39, 0.29) is 53.3 Å². The van der Waals surface area contributed by atoms with Crippen molar-refractivity contribution in [3.05, 3.63) is 11.5 Å². The first-order valence-corrected chi connectivity index (χ1v) is 9.13. The van der Waals surface area contributed by atoms with E-state index in [0.29, 0.717) is 13.0 Å². The van der Waals surface area contributed by atoms with Gasteiger partial charge in [0.05, 0.1) is 6.54 Å². The standard InChI is InChI=1S/C14H20N4O5S/c1-8-14(9(2)23-16-8)24(21,22)17-6-12-4-11(15-10(3)19)5-18(12)13(20)7-17/h11-12H,4-7H2,1-3H3,(H,15,19)/t11-,12-/m0/s1. The van der Waals surface area contributed by atoms with Crippen LogP contribution in [-0.4, -0.2) is 66.3 Å². The molecule has 0 saturated carbocycles. The van der Waals surface area contributed by atoms with Gasteiger partial charge in [0.25, 0.3) is 0 Å². The van der Waals surface area contributed by atoms with Crippen molar-refractivity contribution in [3.8, 4) is 0 Å². The normalized spacial score (nSPS) is 25.0. The Balaban J connectivity index is 1.83. The smallest absolute Gasteiger partial charge is 0.249 e. The van der Waals surface area contributed by atoms with Crippen LogP contribution < -0.4 is 5.32 Å². The van der Waals surface area contributed by atoms with Gasteiger partial charge in [-0.3, -0.25) is 9.59 Å². The van der Waals surface area contributed by atoms with Crippen LogP contribution in [0.25, 0.3) is 0 Å². The molecule has 2 amide bonds. The average Bonchev–Trinajstić information content (AvgIpc) is 3.01. The number of fused-ring (bicyclic) bond motifs is 1. The first kappa shape index (κ1) is 16.9. The molecule has 0 radical (unpaired) electrons. The van der Waals surface area contributed by atoms with Crippen molar-refractivity contribution in [3.63, 3.8) is 0 Å². The van der Waals surface area contributed by atoms with Crippen LogP contribution in [0.15, 0.2) is 9.42 Å². The monoisotopic (exact) mass is 356 g/mol. The quantitative estimate of drug-likeness (QED) is 0.774. The summed E-state index contributed by atoms with van der Waals surface area (Å²) in [5.41, 5.74) is 0.282. The number of nitrogens with zero attached hydrogens (tertiary/aromatic N) is 3. The molecule has 3 rings (SSSR count). The maximum Gasteiger partial charge on any atom is 0.249 e. The average molecular weight is 356 g/mol. The highest BCUT2D eigenvalue weighted by Crippen LogP contribution is 2.29. The molecule has 1 aromatic rings. The molecule has 0 spiro atoms. The zero-order chi connectivity index (χ0) is 17.6. The summed E-state index contributed by atoms with van der Waals surface area (Å²) in [4.78, 5) is 25.3. The number of hydrogen-bond donors (Lipinski definition) is 1. The third-order valence-electron chi connectivity index (χ3n) is 4.43. The van der Waals surface area contributed by atoms with Gasteiger partial charge in [0.15, 0.2) is 5.76 Å². The van der Waals surface area contributed by atoms with E-state index in [1.54, 1.807) is 11.8 Å². The molecule has 2 aliphatic rings. The molecule has 9 nitrogen and oxygen atoms in total. The van der Waals surface area contributed by atoms with Crippen LogP contribution in [-0.2, 0) is 19.6 Å². The molecule has 10 heteroatoms. The van der Waals surface area contributed by atoms with E-state index in [0.717, 1.165) is 0 Å². The van der Waals surface area contributed by atoms with Crippen molar-refractivity contribution in [1.29, 1.82) is 0 Å². The van der Waals surface area contributed by atoms with Gasteiger partial charge in [-0.2, -0.15) is 4.31 Å². The van der Waals surface area contributed by atoms with Crippen molar-refractivity contribution in [2.75, 3.05) is 19.6 Å². The molecule has 2 atom stereocenters. The SMILES string of the molecule is CC(=O)N[C@H]1C[C@H]2CN(S(=O)(=O)c3c(C)noc3C)CC(=O)N2C1. The maximum absolute atomic E-state index is 12.9. The Hall–Kier alpha value is -1.94. The molecular formula is C14H20N4O5S. The predicted molar refractivity (Wildman–Crippen MR) is 82.5 cm³/mol. The fraction of sp³-hybridized carbons (Fsp3) is 0.643. The van der Waals surface area contributed by atoms with Crippen LogP contribution in [0.5, 0.6) is 0 Å². The molecule has 2 aliphatic heterocycles. The largest absolute Gasteiger partial charge is 0.360 e. The Morgan fingerprint density at radius 2 is 2.04 bits per heavy atom. The molecule has 1 N–H and O–H groups in total. The number of aryl methyl sites for hydroxylation is 2. The Morgan fingerprint density at radius 1 is 1.33 bits per heavy atom. The molecule has 132 valence electrons. The minimum atomic E-state index is -3.85. The molecule has 0 aromatic carbocycles. The second-order valence-corrected chi connectivity index (χ2v) is 8.16. The number of piperazine rings is 1. The molecular weight excluding hydrogens is 336 g/mol. The number of hydrogen-bond acceptors (Lipinski definition) is 6. The van der Waals surface area contributed by atoms with E-state index < -0.39 is 10.0 Å². The van der Waals surface area contributed by atoms with Crippen LogP contribution >= 0.6 is 0 Å². The van der Waals surface area contributed by atoms with Crippen molar-refractivity contribution < 1.29 is 22.5 Å². The molecule has 0 unspecified atom stereocenters. The number of rotatable bonds is 3. The van der Waals surface area contributed by atoms with Gasteiger partial charge in [-0.05, 0) is 20.3 Å². The zero-order valence-corrected chi connectivity index (χ0v) is 14.6. The summed E-state index contributed by atoms with van der Waals surface area (Å²) in [6.45, 7) is 4.93. The lowest BCUT2D eigenvalue weighted by Crippen LogP contribution is -2.55. The van der Waals surface area contributed by atoms with Crippen molar-refractivity contribution in [2.45, 2.75) is 44.2 Å². The van der Waals surface area contributed by atoms with Crippen LogP contribution in [0.3, 0.4) is 0 Å². The van der Waals surface area contributed by atoms with E-state index in [1.807, 2.05) is 0 Å². The van der Waals surface area contributed by atoms with Gasteiger partial charge in [-0.1, -0.05) is 5.16 Å². The Bertz CT molecular complexity index is 768. The van der Waals surface area contributed by atoms with E-state index >= 15 is 0 Å². The third-order valence-corrected chi connectivity index (χ3v) is 6.49. The summed E-state index contributed by atoms with van der Waals surface area (Å²) in [7, 11) is -3.85. The van der Waals surface area contributed by atoms with Gasteiger partial charge in [-0.25, -0.2) is 8.42 Å². The number of sulfonamides is 1. The van der Waals surface area contributed by atoms with Gasteiger partial charge in [-0.15, -0.1) is 0 Å². The van der Waals surface area contributed by atoms with Crippen molar-refractivity contribution in [2.24, 2.45) is 0 Å². The lowest BCUT2D eigenvalue weighted by molar-refractivity contribution is -0.135. The summed E-state index contributed by atoms with van der Waals surface area (Å²) >= 11 is 0. The first-order valence-electron chi connectivity index (χ1n) is 7.69. The maximum atomic E-state index is 12.9. The number of amides is 2. The Labute approximate surface area is 140 Å². The van der Waals surface area contributed by atoms with Crippen LogP contribution in [0.4, 0.5) is 0 Å². The molecule has 0 bridgehead atoms. The van der Waals surface area contributed by atoms with Crippen molar-refractivity contribution >= 4 is 21.8 Å². The minimum absolute atomic E-state index is 0.0279. The van der Waals surface area contributed by atoms with E-state index in [4.69, 9.17) is 4.52 Å². The van der Waals surface area contributed by atoms with E-state index in [2.05, 4.69) is 10.5 Å². The third kappa shape index (κ3) is 2.80. The molecule has 3 heterocycles. The minimum Gasteiger partial charge on any atom is -0.360 e. The second kappa shape index (κ2) is 5.85. The van der Waals surface area contributed by atoms with Crippen LogP contribution in [0, 0.1) is 13.8 Å². The number of carbonyl (C=O) groups is 2. The fourth-order valence-corrected chi connectivity index (χ4v) is 5.20. The van der Waals surface area contributed by atoms with Crippen molar-refractivity contribution in [1.82, 2.24) is 19.7 Å². The first-order chi connectivity index (χ1) is 11.2. The van der Waals surface area contributed by atoms with Crippen LogP contribution in [0.2, 0.25) is 0 Å².